The highest BCUT2D eigenvalue weighted by Gasteiger charge is 2.43. The van der Waals surface area contributed by atoms with Gasteiger partial charge >= 0.3 is 24.7 Å². The van der Waals surface area contributed by atoms with Crippen LogP contribution in [-0.2, 0) is 24.7 Å². The summed E-state index contributed by atoms with van der Waals surface area (Å²) in [7, 11) is 0. The minimum Gasteiger partial charge on any atom is -0.383 e. The van der Waals surface area contributed by atoms with Crippen molar-refractivity contribution >= 4 is 104 Å². The number of hydrogen-bond donors (Lipinski definition) is 8. The molecule has 2 unspecified atom stereocenters. The maximum absolute atomic E-state index is 13.7. The van der Waals surface area contributed by atoms with Crippen LogP contribution in [-0.4, -0.2) is 154 Å². The molecule has 8 aromatic heterocycles. The van der Waals surface area contributed by atoms with E-state index >= 15 is 0 Å². The number of ketones is 4. The van der Waals surface area contributed by atoms with Gasteiger partial charge in [-0.25, -0.2) is 39.9 Å². The van der Waals surface area contributed by atoms with E-state index in [1.807, 2.05) is 68.1 Å². The second-order valence-electron chi connectivity index (χ2n) is 29.1. The Kier molecular flexibility index (Phi) is 29.7. The molecule has 122 heavy (non-hydrogen) atoms. The monoisotopic (exact) mass is 1770 g/mol. The van der Waals surface area contributed by atoms with Gasteiger partial charge in [0.2, 0.25) is 23.1 Å². The number of hydrogen-bond acceptors (Lipinski definition) is 24. The average molecular weight is 1780 g/mol. The van der Waals surface area contributed by atoms with E-state index in [1.54, 1.807) is 6.07 Å². The van der Waals surface area contributed by atoms with E-state index in [1.165, 1.54) is 85.5 Å². The van der Waals surface area contributed by atoms with Crippen molar-refractivity contribution in [3.05, 3.63) is 258 Å². The molecule has 39 heteroatoms. The van der Waals surface area contributed by atoms with Crippen LogP contribution in [0.1, 0.15) is 163 Å². The Labute approximate surface area is 721 Å². The summed E-state index contributed by atoms with van der Waals surface area (Å²) in [4.78, 5) is 90.9. The van der Waals surface area contributed by atoms with Gasteiger partial charge in [-0.05, 0) is 127 Å². The van der Waals surface area contributed by atoms with Gasteiger partial charge in [0, 0.05) is 145 Å². The quantitative estimate of drug-likeness (QED) is 0.0292. The number of anilines is 8. The van der Waals surface area contributed by atoms with Gasteiger partial charge in [-0.3, -0.25) is 19.2 Å². The molecule has 10 aromatic rings. The van der Waals surface area contributed by atoms with Crippen molar-refractivity contribution in [2.75, 3.05) is 121 Å². The highest BCUT2D eigenvalue weighted by atomic mass is 35.5. The van der Waals surface area contributed by atoms with Crippen LogP contribution in [0.2, 0.25) is 15.1 Å². The standard InChI is InChI=1S/C23H30F3N5O.2C22H19ClF3N5O.C16H15ClF3N5O.9H2/c1-4-6-15-12-31(13-16(29-15)11-14(2)3)19-9-8-18(23(24,25)26)20(30-19)21(32)17-7-5-10-28-22(17)27;23-14-4-1-3-13(11-14)17-12-31(10-9-28-17)18-7-6-16(22(24,25)26)19(30-18)20(32)15-5-2-8-29-21(15)27;23-14-10-15(21(27)29-11-14)20(32)19-16(22(24,25)26)6-7-18(30-19)31-9-8-28-17(12-31)13-4-2-1-3-5-13;17-9-7-10(15(21)23-8-9)14(26)13-11(16(18,19)20)1-2-12(24-13)25-5-3-22-4-6-25;;;;;;;;;/h5,7-10,14-16,29H,4,6,11-13H2,1-3H3,(H2,27,28);1-8,11,17,28H,9-10,12H2,(H2,27,29);1-7,10-11,17,28H,8-9,12H2,(H2,27,29);1-2,7-8,22H,3-6H2,(H2,21,23);9*1H/t15-,16+;;;;;;;;;;;;/m1............/s1. The summed E-state index contributed by atoms with van der Waals surface area (Å²) in [6.45, 7) is 13.3. The van der Waals surface area contributed by atoms with Gasteiger partial charge in [-0.15, -0.1) is 0 Å². The van der Waals surface area contributed by atoms with Gasteiger partial charge < -0.3 is 63.8 Å². The number of pyridine rings is 8. The fourth-order valence-corrected chi connectivity index (χ4v) is 14.7. The molecule has 0 spiro atoms. The average Bonchev–Trinajstić information content (AvgIpc) is 0.809. The molecule has 0 amide bonds. The van der Waals surface area contributed by atoms with Crippen LogP contribution in [0.3, 0.4) is 0 Å². The third-order valence-electron chi connectivity index (χ3n) is 20.0. The van der Waals surface area contributed by atoms with Crippen LogP contribution in [0.25, 0.3) is 0 Å². The lowest BCUT2D eigenvalue weighted by Gasteiger charge is -2.40. The lowest BCUT2D eigenvalue weighted by Crippen LogP contribution is -2.57. The maximum Gasteiger partial charge on any atom is 0.418 e. The number of carbonyl (C=O) groups is 4. The van der Waals surface area contributed by atoms with Crippen molar-refractivity contribution in [2.24, 2.45) is 5.92 Å². The molecule has 14 rings (SSSR count). The van der Waals surface area contributed by atoms with Crippen molar-refractivity contribution in [3.8, 4) is 0 Å². The minimum atomic E-state index is -4.77. The number of rotatable bonds is 18. The van der Waals surface area contributed by atoms with Gasteiger partial charge in [0.05, 0.1) is 54.6 Å². The first-order valence-corrected chi connectivity index (χ1v) is 39.5. The number of nitrogen functional groups attached to an aromatic ring is 4. The van der Waals surface area contributed by atoms with E-state index in [2.05, 4.69) is 81.9 Å². The Hall–Kier alpha value is -11.4. The molecule has 24 nitrogen and oxygen atoms in total. The van der Waals surface area contributed by atoms with E-state index in [0.717, 1.165) is 54.7 Å². The van der Waals surface area contributed by atoms with Gasteiger partial charge in [0.15, 0.2) is 0 Å². The highest BCUT2D eigenvalue weighted by molar-refractivity contribution is 6.32. The zero-order chi connectivity index (χ0) is 88.1. The number of nitrogens with two attached hydrogens (primary N) is 4. The Balaban J connectivity index is 0.000000580. The van der Waals surface area contributed by atoms with E-state index in [0.29, 0.717) is 101 Å². The molecule has 0 aliphatic carbocycles. The number of carbonyl (C=O) groups excluding carboxylic acids is 4. The molecule has 0 saturated carbocycles. The van der Waals surface area contributed by atoms with Crippen LogP contribution in [0, 0.1) is 5.92 Å². The second kappa shape index (κ2) is 39.6. The van der Waals surface area contributed by atoms with E-state index in [-0.39, 0.29) is 104 Å². The molecule has 4 aliphatic rings. The summed E-state index contributed by atoms with van der Waals surface area (Å²) >= 11 is 17.8. The van der Waals surface area contributed by atoms with Crippen molar-refractivity contribution < 1.29 is 84.7 Å². The van der Waals surface area contributed by atoms with E-state index < -0.39 is 92.9 Å². The minimum absolute atomic E-state index is 0. The highest BCUT2D eigenvalue weighted by Crippen LogP contribution is 2.40. The molecule has 12 heterocycles. The molecule has 4 saturated heterocycles. The fraction of sp³-hybridized carbons (Fsp3) is 0.325. The van der Waals surface area contributed by atoms with E-state index in [4.69, 9.17) is 57.7 Å². The number of nitrogens with zero attached hydrogens (tertiary/aromatic N) is 12. The summed E-state index contributed by atoms with van der Waals surface area (Å²) < 4.78 is 163. The second-order valence-corrected chi connectivity index (χ2v) is 30.4. The topological polar surface area (TPSA) is 337 Å². The summed E-state index contributed by atoms with van der Waals surface area (Å²) in [6, 6.07) is 34.1. The van der Waals surface area contributed by atoms with Crippen LogP contribution < -0.4 is 63.8 Å². The smallest absolute Gasteiger partial charge is 0.383 e. The molecule has 4 fully saturated rings. The first-order valence-electron chi connectivity index (χ1n) is 38.3. The summed E-state index contributed by atoms with van der Waals surface area (Å²) in [5.74, 6) is -2.78. The van der Waals surface area contributed by atoms with Crippen LogP contribution in [0.15, 0.2) is 164 Å². The summed E-state index contributed by atoms with van der Waals surface area (Å²) in [5, 5.41) is 14.3. The molecule has 12 N–H and O–H groups in total. The number of piperazine rings is 4. The van der Waals surface area contributed by atoms with Crippen LogP contribution >= 0.6 is 34.8 Å². The van der Waals surface area contributed by atoms with Gasteiger partial charge in [0.1, 0.15) is 69.3 Å². The maximum atomic E-state index is 13.7. The Morgan fingerprint density at radius 3 is 1.20 bits per heavy atom. The first kappa shape index (κ1) is 91.3. The third-order valence-corrected chi connectivity index (χ3v) is 20.6. The summed E-state index contributed by atoms with van der Waals surface area (Å²) in [6.07, 6.45) is -10.9. The molecular formula is C83H101Cl3F12N20O4. The van der Waals surface area contributed by atoms with Crippen LogP contribution in [0.5, 0.6) is 0 Å². The lowest BCUT2D eigenvalue weighted by molar-refractivity contribution is -0.138. The molecule has 4 aliphatic heterocycles. The molecule has 662 valence electrons. The molecule has 2 aromatic carbocycles. The Morgan fingerprint density at radius 2 is 0.803 bits per heavy atom. The predicted octanol–water partition coefficient (Wildman–Crippen LogP) is 17.1. The van der Waals surface area contributed by atoms with Crippen molar-refractivity contribution in [2.45, 2.75) is 88.9 Å². The zero-order valence-electron chi connectivity index (χ0n) is 65.6. The molecule has 0 radical (unpaired) electrons. The SMILES string of the molecule is CCC[C@@H]1CN(c2ccc(C(F)(F)F)c(C(=O)c3cccnc3N)n2)C[C@H](CC(C)C)N1.Nc1ncc(Cl)cc1C(=O)c1nc(N2CCNC(c3ccccc3)C2)ccc1C(F)(F)F.Nc1ncc(Cl)cc1C(=O)c1nc(N2CCNCC2)ccc1C(F)(F)F.Nc1ncccc1C(=O)c1nc(N2CCNC(c3cccc(Cl)c3)C2)ccc1C(F)(F)F.[HH].[HH].[HH].[HH].[HH].[HH].[HH].[HH].[HH]. The lowest BCUT2D eigenvalue weighted by atomic mass is 9.98. The number of halogens is 15. The van der Waals surface area contributed by atoms with Crippen LogP contribution in [0.4, 0.5) is 99.2 Å². The summed E-state index contributed by atoms with van der Waals surface area (Å²) in [5.41, 5.74) is 16.9. The van der Waals surface area contributed by atoms with Gasteiger partial charge in [-0.1, -0.05) is 104 Å². The first-order chi connectivity index (χ1) is 57.8. The van der Waals surface area contributed by atoms with Crippen molar-refractivity contribution in [1.82, 2.24) is 61.1 Å². The van der Waals surface area contributed by atoms with Gasteiger partial charge in [-0.2, -0.15) is 52.7 Å². The predicted molar refractivity (Wildman–Crippen MR) is 461 cm³/mol. The largest absolute Gasteiger partial charge is 0.418 e. The Bertz CT molecular complexity index is 5430. The van der Waals surface area contributed by atoms with Crippen molar-refractivity contribution in [1.29, 1.82) is 0 Å². The van der Waals surface area contributed by atoms with Gasteiger partial charge in [0.25, 0.3) is 0 Å². The number of alkyl halides is 12. The number of aromatic nitrogens is 8. The fourth-order valence-electron chi connectivity index (χ4n) is 14.2. The normalized spacial score (nSPS) is 17.1. The number of benzene rings is 2. The molecular weight excluding hydrogens is 1680 g/mol. The van der Waals surface area contributed by atoms with E-state index in [9.17, 15) is 71.9 Å². The number of nitrogens with one attached hydrogen (secondary N) is 4. The van der Waals surface area contributed by atoms with Crippen molar-refractivity contribution in [3.63, 3.8) is 0 Å². The molecule has 4 atom stereocenters. The zero-order valence-corrected chi connectivity index (χ0v) is 67.8. The molecule has 0 bridgehead atoms. The third kappa shape index (κ3) is 23.0. The Morgan fingerprint density at radius 1 is 0.426 bits per heavy atom.